The largest absolute Gasteiger partial charge is 0.461 e. The predicted octanol–water partition coefficient (Wildman–Crippen LogP) is 3.11. The van der Waals surface area contributed by atoms with Crippen molar-refractivity contribution in [1.29, 1.82) is 0 Å². The first-order valence-electron chi connectivity index (χ1n) is 24.6. The van der Waals surface area contributed by atoms with Gasteiger partial charge in [-0.25, -0.2) is 0 Å². The summed E-state index contributed by atoms with van der Waals surface area (Å²) in [5, 5.41) is 46.7. The molecule has 394 valence electrons. The molecule has 0 aromatic carbocycles. The fourth-order valence-corrected chi connectivity index (χ4v) is 11.0. The first kappa shape index (κ1) is 58.2. The number of hydrogen-bond acceptors (Lipinski definition) is 19. The quantitative estimate of drug-likeness (QED) is 0.162. The van der Waals surface area contributed by atoms with Crippen LogP contribution in [-0.2, 0) is 61.8 Å². The van der Waals surface area contributed by atoms with Crippen LogP contribution in [0, 0.1) is 23.2 Å². The van der Waals surface area contributed by atoms with E-state index in [1.165, 1.54) is 6.92 Å². The van der Waals surface area contributed by atoms with Gasteiger partial charge in [0, 0.05) is 55.5 Å². The van der Waals surface area contributed by atoms with E-state index in [0.717, 1.165) is 0 Å². The molecule has 0 aromatic rings. The molecule has 4 saturated heterocycles. The van der Waals surface area contributed by atoms with E-state index in [1.807, 2.05) is 44.9 Å². The van der Waals surface area contributed by atoms with E-state index in [0.29, 0.717) is 6.42 Å². The van der Waals surface area contributed by atoms with Gasteiger partial charge >= 0.3 is 17.9 Å². The normalized spacial score (nSPS) is 44.5. The molecule has 0 bridgehead atoms. The molecule has 4 heterocycles. The van der Waals surface area contributed by atoms with Gasteiger partial charge in [0.15, 0.2) is 36.4 Å². The number of aliphatic hydroxyl groups is 4. The average molecular weight is 975 g/mol. The van der Waals surface area contributed by atoms with E-state index in [1.54, 1.807) is 76.2 Å². The fraction of sp³-hybridized carbons (Fsp3) is 0.918. The third-order valence-corrected chi connectivity index (χ3v) is 15.0. The first-order chi connectivity index (χ1) is 31.4. The Kier molecular flexibility index (Phi) is 20.0. The van der Waals surface area contributed by atoms with E-state index in [-0.39, 0.29) is 38.2 Å². The fourth-order valence-electron chi connectivity index (χ4n) is 11.0. The van der Waals surface area contributed by atoms with Gasteiger partial charge in [-0.3, -0.25) is 19.2 Å². The number of cyclic esters (lactones) is 1. The molecule has 68 heavy (non-hydrogen) atoms. The van der Waals surface area contributed by atoms with Crippen LogP contribution in [0.4, 0.5) is 0 Å². The number of hydrogen-bond donors (Lipinski definition) is 4. The highest BCUT2D eigenvalue weighted by Crippen LogP contribution is 2.44. The van der Waals surface area contributed by atoms with Gasteiger partial charge in [0.1, 0.15) is 18.3 Å². The highest BCUT2D eigenvalue weighted by molar-refractivity contribution is 5.85. The Bertz CT molecular complexity index is 1700. The number of nitrogens with zero attached hydrogens (tertiary/aromatic N) is 2. The van der Waals surface area contributed by atoms with E-state index in [9.17, 15) is 39.6 Å². The minimum Gasteiger partial charge on any atom is -0.461 e. The third-order valence-electron chi connectivity index (χ3n) is 15.0. The molecule has 4 aliphatic heterocycles. The van der Waals surface area contributed by atoms with Crippen molar-refractivity contribution in [3.05, 3.63) is 0 Å². The molecular formula is C49H86N2O17. The topological polar surface area (TPSA) is 239 Å². The maximum absolute atomic E-state index is 14.8. The van der Waals surface area contributed by atoms with Gasteiger partial charge in [0.05, 0.1) is 54.2 Å². The van der Waals surface area contributed by atoms with Crippen LogP contribution in [0.2, 0.25) is 0 Å². The molecule has 0 aromatic heterocycles. The van der Waals surface area contributed by atoms with Gasteiger partial charge in [-0.15, -0.1) is 0 Å². The van der Waals surface area contributed by atoms with E-state index in [2.05, 4.69) is 0 Å². The number of carbonyl (C=O) groups excluding carboxylic acids is 4. The Morgan fingerprint density at radius 1 is 0.750 bits per heavy atom. The van der Waals surface area contributed by atoms with Gasteiger partial charge in [0.25, 0.3) is 0 Å². The average Bonchev–Trinajstić information content (AvgIpc) is 3.24. The summed E-state index contributed by atoms with van der Waals surface area (Å²) in [6.07, 6.45) is -14.9. The SMILES string of the molecule is CCC(=O)OC1C(C)OC(OC2C(C)C(=O)OC(CC)C(C)(C)C(O)C(O)C(=O)C(C)CC(C)(OC3CC(N(C)C)C(O)C(C)O3)C(OC3OC(C)CC(N(C)C)C3O)C2C)CC1(C)OC(C)=O. The Labute approximate surface area is 404 Å². The second kappa shape index (κ2) is 23.4. The van der Waals surface area contributed by atoms with Gasteiger partial charge < -0.3 is 72.9 Å². The minimum absolute atomic E-state index is 0.0607. The summed E-state index contributed by atoms with van der Waals surface area (Å²) < 4.78 is 58.3. The number of ether oxygens (including phenoxy) is 9. The lowest BCUT2D eigenvalue weighted by molar-refractivity contribution is -0.340. The summed E-state index contributed by atoms with van der Waals surface area (Å²) in [6.45, 7) is 21.5. The van der Waals surface area contributed by atoms with Gasteiger partial charge in [0.2, 0.25) is 0 Å². The van der Waals surface area contributed by atoms with Gasteiger partial charge in [-0.1, -0.05) is 41.5 Å². The highest BCUT2D eigenvalue weighted by Gasteiger charge is 2.56. The summed E-state index contributed by atoms with van der Waals surface area (Å²) in [4.78, 5) is 58.3. The summed E-state index contributed by atoms with van der Waals surface area (Å²) in [6, 6.07) is -0.825. The standard InChI is InChI=1S/C49H86N2O17/c1-18-33-47(10,11)42(58)40(57)37(54)24(3)22-48(12,68-35-21-32(51(16)17)38(55)28(7)61-35)43(66-46-39(56)31(50(14)15)20-25(4)60-46)26(5)41(27(6)45(59)63-33)65-36-23-49(13,67-30(9)52)44(29(8)62-36)64-34(53)19-2/h24-29,31-33,35-36,38-44,46,55-58H,18-23H2,1-17H3. The van der Waals surface area contributed by atoms with Crippen LogP contribution >= 0.6 is 0 Å². The minimum atomic E-state index is -1.90. The third kappa shape index (κ3) is 13.2. The van der Waals surface area contributed by atoms with Crippen LogP contribution in [-0.4, -0.2) is 191 Å². The molecule has 4 rings (SSSR count). The van der Waals surface area contributed by atoms with Crippen molar-refractivity contribution in [2.24, 2.45) is 23.2 Å². The van der Waals surface area contributed by atoms with Crippen LogP contribution < -0.4 is 0 Å². The molecule has 21 unspecified atom stereocenters. The zero-order valence-corrected chi connectivity index (χ0v) is 43.7. The van der Waals surface area contributed by atoms with Crippen molar-refractivity contribution in [3.63, 3.8) is 0 Å². The molecule has 0 radical (unpaired) electrons. The maximum atomic E-state index is 14.8. The molecule has 0 saturated carbocycles. The summed E-state index contributed by atoms with van der Waals surface area (Å²) in [5.74, 6) is -5.72. The number of esters is 3. The lowest BCUT2D eigenvalue weighted by Gasteiger charge is -2.51. The molecule has 0 spiro atoms. The molecule has 4 fully saturated rings. The van der Waals surface area contributed by atoms with E-state index >= 15 is 0 Å². The zero-order chi connectivity index (χ0) is 51.5. The number of likely N-dealkylation sites (N-methyl/N-ethyl adjacent to an activating group) is 2. The van der Waals surface area contributed by atoms with Crippen LogP contribution in [0.25, 0.3) is 0 Å². The van der Waals surface area contributed by atoms with Crippen molar-refractivity contribution in [2.75, 3.05) is 28.2 Å². The lowest BCUT2D eigenvalue weighted by Crippen LogP contribution is -2.63. The molecule has 19 heteroatoms. The number of ketones is 1. The monoisotopic (exact) mass is 975 g/mol. The Balaban J connectivity index is 1.99. The van der Waals surface area contributed by atoms with Gasteiger partial charge in [-0.2, -0.15) is 0 Å². The number of aliphatic hydroxyl groups excluding tert-OH is 4. The van der Waals surface area contributed by atoms with Crippen LogP contribution in [0.5, 0.6) is 0 Å². The summed E-state index contributed by atoms with van der Waals surface area (Å²) >= 11 is 0. The Hall–Kier alpha value is -2.40. The summed E-state index contributed by atoms with van der Waals surface area (Å²) in [7, 11) is 7.35. The zero-order valence-electron chi connectivity index (χ0n) is 43.7. The Morgan fingerprint density at radius 2 is 1.34 bits per heavy atom. The maximum Gasteiger partial charge on any atom is 0.311 e. The van der Waals surface area contributed by atoms with Crippen molar-refractivity contribution in [2.45, 2.75) is 238 Å². The van der Waals surface area contributed by atoms with Crippen molar-refractivity contribution >= 4 is 23.7 Å². The van der Waals surface area contributed by atoms with Crippen LogP contribution in [0.15, 0.2) is 0 Å². The second-order valence-corrected chi connectivity index (χ2v) is 21.5. The number of Topliss-reactive ketones (excluding diaryl/α,β-unsaturated/α-hetero) is 1. The van der Waals surface area contributed by atoms with E-state index < -0.39 is 150 Å². The molecule has 19 nitrogen and oxygen atoms in total. The van der Waals surface area contributed by atoms with Crippen LogP contribution in [0.1, 0.15) is 129 Å². The predicted molar refractivity (Wildman–Crippen MR) is 246 cm³/mol. The summed E-state index contributed by atoms with van der Waals surface area (Å²) in [5.41, 5.74) is -4.42. The molecule has 21 atom stereocenters. The Morgan fingerprint density at radius 3 is 1.90 bits per heavy atom. The first-order valence-corrected chi connectivity index (χ1v) is 24.6. The smallest absolute Gasteiger partial charge is 0.311 e. The molecule has 0 amide bonds. The highest BCUT2D eigenvalue weighted by atomic mass is 16.7. The van der Waals surface area contributed by atoms with Crippen LogP contribution in [0.3, 0.4) is 0 Å². The number of rotatable bonds is 12. The van der Waals surface area contributed by atoms with Crippen molar-refractivity contribution in [1.82, 2.24) is 9.80 Å². The molecule has 4 N–H and O–H groups in total. The molecular weight excluding hydrogens is 889 g/mol. The number of carbonyl (C=O) groups is 4. The van der Waals surface area contributed by atoms with Gasteiger partial charge in [-0.05, 0) is 89.0 Å². The van der Waals surface area contributed by atoms with Crippen molar-refractivity contribution in [3.8, 4) is 0 Å². The van der Waals surface area contributed by atoms with E-state index in [4.69, 9.17) is 42.6 Å². The van der Waals surface area contributed by atoms with Crippen molar-refractivity contribution < 1.29 is 82.2 Å². The second-order valence-electron chi connectivity index (χ2n) is 21.5. The molecule has 0 aliphatic carbocycles. The molecule has 4 aliphatic rings. The lowest BCUT2D eigenvalue weighted by atomic mass is 9.73.